The van der Waals surface area contributed by atoms with Crippen LogP contribution in [0.4, 0.5) is 8.78 Å². The van der Waals surface area contributed by atoms with Crippen molar-refractivity contribution in [3.63, 3.8) is 0 Å². The molecule has 0 aromatic heterocycles. The zero-order chi connectivity index (χ0) is 15.1. The van der Waals surface area contributed by atoms with Crippen LogP contribution in [0.5, 0.6) is 5.75 Å². The lowest BCUT2D eigenvalue weighted by Gasteiger charge is -2.10. The lowest BCUT2D eigenvalue weighted by Crippen LogP contribution is -2.12. The Labute approximate surface area is 123 Å². The molecule has 2 aromatic carbocycles. The summed E-state index contributed by atoms with van der Waals surface area (Å²) in [7, 11) is 0. The minimum atomic E-state index is -0.657. The van der Waals surface area contributed by atoms with Crippen molar-refractivity contribution in [2.24, 2.45) is 0 Å². The van der Waals surface area contributed by atoms with Crippen molar-refractivity contribution in [3.05, 3.63) is 65.2 Å². The number of rotatable bonds is 7. The van der Waals surface area contributed by atoms with E-state index in [0.717, 1.165) is 12.1 Å². The van der Waals surface area contributed by atoms with Gasteiger partial charge in [-0.3, -0.25) is 0 Å². The number of ether oxygens (including phenoxy) is 1. The maximum Gasteiger partial charge on any atom is 0.190 e. The van der Waals surface area contributed by atoms with Gasteiger partial charge in [-0.15, -0.1) is 0 Å². The number of benzene rings is 2. The predicted octanol–water partition coefficient (Wildman–Crippen LogP) is 3.70. The van der Waals surface area contributed by atoms with Crippen LogP contribution in [-0.4, -0.2) is 13.2 Å². The normalized spacial score (nSPS) is 10.6. The summed E-state index contributed by atoms with van der Waals surface area (Å²) < 4.78 is 33.0. The molecule has 4 heteroatoms. The third-order valence-electron chi connectivity index (χ3n) is 3.12. The van der Waals surface area contributed by atoms with E-state index in [0.29, 0.717) is 18.5 Å². The van der Waals surface area contributed by atoms with Crippen LogP contribution in [0.25, 0.3) is 0 Å². The molecule has 1 N–H and O–H groups in total. The van der Waals surface area contributed by atoms with E-state index in [2.05, 4.69) is 5.32 Å². The van der Waals surface area contributed by atoms with Crippen LogP contribution < -0.4 is 10.1 Å². The molecular formula is C17H19F2NO. The van der Waals surface area contributed by atoms with Crippen LogP contribution in [0.3, 0.4) is 0 Å². The molecule has 0 aliphatic rings. The fourth-order valence-electron chi connectivity index (χ4n) is 2.04. The highest BCUT2D eigenvalue weighted by molar-refractivity contribution is 5.31. The van der Waals surface area contributed by atoms with Crippen molar-refractivity contribution in [2.45, 2.75) is 19.9 Å². The number of halogens is 2. The van der Waals surface area contributed by atoms with Crippen molar-refractivity contribution >= 4 is 0 Å². The van der Waals surface area contributed by atoms with Crippen LogP contribution in [0, 0.1) is 11.6 Å². The first kappa shape index (κ1) is 15.4. The van der Waals surface area contributed by atoms with E-state index in [1.54, 1.807) is 0 Å². The molecule has 112 valence electrons. The number of nitrogens with one attached hydrogen (secondary N) is 1. The van der Waals surface area contributed by atoms with Gasteiger partial charge >= 0.3 is 0 Å². The Hall–Kier alpha value is -1.94. The highest BCUT2D eigenvalue weighted by Gasteiger charge is 2.12. The highest BCUT2D eigenvalue weighted by atomic mass is 19.1. The lowest BCUT2D eigenvalue weighted by atomic mass is 10.1. The Kier molecular flexibility index (Phi) is 5.69. The lowest BCUT2D eigenvalue weighted by molar-refractivity contribution is 0.288. The fourth-order valence-corrected chi connectivity index (χ4v) is 2.04. The molecule has 0 heterocycles. The largest absolute Gasteiger partial charge is 0.487 e. The van der Waals surface area contributed by atoms with Gasteiger partial charge in [0.25, 0.3) is 0 Å². The molecule has 21 heavy (non-hydrogen) atoms. The van der Waals surface area contributed by atoms with E-state index < -0.39 is 11.6 Å². The first-order valence-corrected chi connectivity index (χ1v) is 7.06. The van der Waals surface area contributed by atoms with E-state index >= 15 is 0 Å². The molecule has 0 saturated carbocycles. The van der Waals surface area contributed by atoms with E-state index in [4.69, 9.17) is 4.74 Å². The van der Waals surface area contributed by atoms with Crippen LogP contribution >= 0.6 is 0 Å². The fraction of sp³-hybridized carbons (Fsp3) is 0.294. The van der Waals surface area contributed by atoms with Gasteiger partial charge in [0.15, 0.2) is 17.4 Å². The molecule has 0 aliphatic heterocycles. The molecule has 0 unspecified atom stereocenters. The van der Waals surface area contributed by atoms with Gasteiger partial charge in [-0.05, 0) is 29.8 Å². The molecule has 2 rings (SSSR count). The molecule has 0 atom stereocenters. The van der Waals surface area contributed by atoms with E-state index in [1.807, 2.05) is 37.3 Å². The standard InChI is InChI=1S/C17H19F2NO/c1-2-20-12-14-10-15(18)17(16(19)11-14)21-9-8-13-6-4-3-5-7-13/h3-7,10-11,20H,2,8-9,12H2,1H3. The summed E-state index contributed by atoms with van der Waals surface area (Å²) in [6, 6.07) is 12.3. The Morgan fingerprint density at radius 3 is 2.29 bits per heavy atom. The van der Waals surface area contributed by atoms with Crippen LogP contribution in [0.1, 0.15) is 18.1 Å². The maximum atomic E-state index is 13.9. The second-order valence-corrected chi connectivity index (χ2v) is 4.75. The van der Waals surface area contributed by atoms with Crippen LogP contribution in [0.2, 0.25) is 0 Å². The van der Waals surface area contributed by atoms with Crippen molar-refractivity contribution in [1.82, 2.24) is 5.32 Å². The molecule has 0 fully saturated rings. The first-order valence-electron chi connectivity index (χ1n) is 7.06. The third kappa shape index (κ3) is 4.53. The van der Waals surface area contributed by atoms with Gasteiger partial charge in [-0.2, -0.15) is 0 Å². The predicted molar refractivity (Wildman–Crippen MR) is 79.4 cm³/mol. The Morgan fingerprint density at radius 1 is 1.00 bits per heavy atom. The Balaban J connectivity index is 1.96. The average molecular weight is 291 g/mol. The highest BCUT2D eigenvalue weighted by Crippen LogP contribution is 2.23. The summed E-state index contributed by atoms with van der Waals surface area (Å²) >= 11 is 0. The molecule has 0 saturated heterocycles. The van der Waals surface area contributed by atoms with E-state index in [-0.39, 0.29) is 12.4 Å². The van der Waals surface area contributed by atoms with Crippen molar-refractivity contribution in [1.29, 1.82) is 0 Å². The molecule has 2 aromatic rings. The van der Waals surface area contributed by atoms with Crippen LogP contribution in [-0.2, 0) is 13.0 Å². The summed E-state index contributed by atoms with van der Waals surface area (Å²) in [5, 5.41) is 3.03. The zero-order valence-electron chi connectivity index (χ0n) is 12.0. The third-order valence-corrected chi connectivity index (χ3v) is 3.12. The van der Waals surface area contributed by atoms with Gasteiger partial charge in [-0.25, -0.2) is 8.78 Å². The quantitative estimate of drug-likeness (QED) is 0.840. The maximum absolute atomic E-state index is 13.9. The minimum absolute atomic E-state index is 0.240. The van der Waals surface area contributed by atoms with Gasteiger partial charge in [-0.1, -0.05) is 37.3 Å². The SMILES string of the molecule is CCNCc1cc(F)c(OCCc2ccccc2)c(F)c1. The van der Waals surface area contributed by atoms with Gasteiger partial charge in [0.2, 0.25) is 0 Å². The molecule has 0 aliphatic carbocycles. The molecule has 0 radical (unpaired) electrons. The van der Waals surface area contributed by atoms with Gasteiger partial charge in [0.1, 0.15) is 0 Å². The second-order valence-electron chi connectivity index (χ2n) is 4.75. The van der Waals surface area contributed by atoms with Gasteiger partial charge in [0, 0.05) is 13.0 Å². The molecular weight excluding hydrogens is 272 g/mol. The summed E-state index contributed by atoms with van der Waals surface area (Å²) in [5.41, 5.74) is 1.64. The topological polar surface area (TPSA) is 21.3 Å². The smallest absolute Gasteiger partial charge is 0.190 e. The minimum Gasteiger partial charge on any atom is -0.487 e. The summed E-state index contributed by atoms with van der Waals surface area (Å²) in [6.45, 7) is 3.37. The zero-order valence-corrected chi connectivity index (χ0v) is 12.0. The van der Waals surface area contributed by atoms with Crippen molar-refractivity contribution in [3.8, 4) is 5.75 Å². The Morgan fingerprint density at radius 2 is 1.67 bits per heavy atom. The second kappa shape index (κ2) is 7.74. The summed E-state index contributed by atoms with van der Waals surface area (Å²) in [4.78, 5) is 0. The molecule has 0 bridgehead atoms. The molecule has 0 spiro atoms. The molecule has 0 amide bonds. The van der Waals surface area contributed by atoms with Crippen molar-refractivity contribution < 1.29 is 13.5 Å². The first-order chi connectivity index (χ1) is 10.2. The van der Waals surface area contributed by atoms with E-state index in [1.165, 1.54) is 12.1 Å². The van der Waals surface area contributed by atoms with Crippen LogP contribution in [0.15, 0.2) is 42.5 Å². The summed E-state index contributed by atoms with van der Waals surface area (Å²) in [6.07, 6.45) is 0.610. The van der Waals surface area contributed by atoms with Gasteiger partial charge < -0.3 is 10.1 Å². The monoisotopic (exact) mass is 291 g/mol. The number of hydrogen-bond acceptors (Lipinski definition) is 2. The van der Waals surface area contributed by atoms with Gasteiger partial charge in [0.05, 0.1) is 6.61 Å². The summed E-state index contributed by atoms with van der Waals surface area (Å²) in [5.74, 6) is -1.61. The van der Waals surface area contributed by atoms with Crippen molar-refractivity contribution in [2.75, 3.05) is 13.2 Å². The Bertz CT molecular complexity index is 549. The average Bonchev–Trinajstić information content (AvgIpc) is 2.49. The molecule has 2 nitrogen and oxygen atoms in total. The number of hydrogen-bond donors (Lipinski definition) is 1. The van der Waals surface area contributed by atoms with E-state index in [9.17, 15) is 8.78 Å².